The van der Waals surface area contributed by atoms with Crippen LogP contribution in [0, 0.1) is 11.3 Å². The van der Waals surface area contributed by atoms with Crippen LogP contribution in [-0.2, 0) is 11.3 Å². The minimum absolute atomic E-state index is 0.0212. The van der Waals surface area contributed by atoms with E-state index in [0.29, 0.717) is 27.9 Å². The minimum Gasteiger partial charge on any atom is -0.462 e. The summed E-state index contributed by atoms with van der Waals surface area (Å²) in [5, 5.41) is 19.3. The topological polar surface area (TPSA) is 139 Å². The molecule has 12 heteroatoms. The van der Waals surface area contributed by atoms with Crippen LogP contribution in [0.2, 0.25) is 10.0 Å². The smallest absolute Gasteiger partial charge is 0.338 e. The molecule has 0 unspecified atom stereocenters. The highest BCUT2D eigenvalue weighted by Gasteiger charge is 2.16. The molecular formula is C28H22Cl2N6O4. The zero-order chi connectivity index (χ0) is 28.8. The summed E-state index contributed by atoms with van der Waals surface area (Å²) in [6, 6.07) is 14.8. The van der Waals surface area contributed by atoms with Gasteiger partial charge < -0.3 is 15.4 Å². The van der Waals surface area contributed by atoms with Crippen LogP contribution in [0.3, 0.4) is 0 Å². The Balaban J connectivity index is 1.70. The standard InChI is InChI=1S/C28H22Cl2N6O4/c1-3-36-26(37)24(33-28(39)34-25-21(29)14-32-15-22(25)30)12-23(35-36)18-7-5-6-17(10-18)19-8-16(13-31)9-20(11-19)27(38)40-4-2/h5-12,14-15H,3-4H2,1-2H3,(H2,32,33,34,39). The first kappa shape index (κ1) is 28.3. The first-order valence-corrected chi connectivity index (χ1v) is 12.8. The Labute approximate surface area is 239 Å². The van der Waals surface area contributed by atoms with Crippen molar-refractivity contribution >= 4 is 46.6 Å². The summed E-state index contributed by atoms with van der Waals surface area (Å²) in [5.74, 6) is -0.531. The van der Waals surface area contributed by atoms with E-state index in [1.54, 1.807) is 44.2 Å². The molecule has 4 aromatic rings. The number of rotatable bonds is 7. The summed E-state index contributed by atoms with van der Waals surface area (Å²) in [6.07, 6.45) is 2.65. The van der Waals surface area contributed by atoms with Crippen molar-refractivity contribution in [3.05, 3.63) is 92.5 Å². The van der Waals surface area contributed by atoms with Crippen molar-refractivity contribution < 1.29 is 14.3 Å². The molecule has 2 amide bonds. The molecule has 2 N–H and O–H groups in total. The molecule has 0 aliphatic carbocycles. The van der Waals surface area contributed by atoms with E-state index in [4.69, 9.17) is 27.9 Å². The number of hydrogen-bond acceptors (Lipinski definition) is 7. The zero-order valence-electron chi connectivity index (χ0n) is 21.4. The Morgan fingerprint density at radius 1 is 1.00 bits per heavy atom. The Kier molecular flexibility index (Phi) is 8.79. The van der Waals surface area contributed by atoms with Crippen LogP contribution in [0.15, 0.2) is 65.7 Å². The first-order chi connectivity index (χ1) is 19.2. The third-order valence-electron chi connectivity index (χ3n) is 5.68. The number of halogens is 2. The van der Waals surface area contributed by atoms with Crippen molar-refractivity contribution in [3.8, 4) is 28.5 Å². The fourth-order valence-electron chi connectivity index (χ4n) is 3.83. The largest absolute Gasteiger partial charge is 0.462 e. The highest BCUT2D eigenvalue weighted by atomic mass is 35.5. The van der Waals surface area contributed by atoms with Gasteiger partial charge in [-0.3, -0.25) is 9.78 Å². The predicted molar refractivity (Wildman–Crippen MR) is 153 cm³/mol. The van der Waals surface area contributed by atoms with E-state index < -0.39 is 17.6 Å². The molecule has 0 aliphatic heterocycles. The number of nitrogens with zero attached hydrogens (tertiary/aromatic N) is 4. The van der Waals surface area contributed by atoms with E-state index in [1.165, 1.54) is 29.2 Å². The molecule has 0 spiro atoms. The number of hydrogen-bond donors (Lipinski definition) is 2. The molecule has 0 saturated heterocycles. The molecule has 0 bridgehead atoms. The third-order valence-corrected chi connectivity index (χ3v) is 6.25. The molecule has 202 valence electrons. The molecule has 0 saturated carbocycles. The van der Waals surface area contributed by atoms with Gasteiger partial charge in [0, 0.05) is 24.5 Å². The summed E-state index contributed by atoms with van der Waals surface area (Å²) >= 11 is 12.2. The number of carbonyl (C=O) groups is 2. The molecule has 2 aromatic heterocycles. The number of pyridine rings is 1. The fourth-order valence-corrected chi connectivity index (χ4v) is 4.29. The first-order valence-electron chi connectivity index (χ1n) is 12.1. The summed E-state index contributed by atoms with van der Waals surface area (Å²) in [6.45, 7) is 3.91. The number of aromatic nitrogens is 3. The lowest BCUT2D eigenvalue weighted by molar-refractivity contribution is 0.0526. The lowest BCUT2D eigenvalue weighted by Crippen LogP contribution is -2.29. The van der Waals surface area contributed by atoms with E-state index in [-0.39, 0.29) is 40.1 Å². The number of urea groups is 1. The van der Waals surface area contributed by atoms with Crippen LogP contribution in [0.4, 0.5) is 16.2 Å². The second-order valence-corrected chi connectivity index (χ2v) is 9.15. The number of ether oxygens (including phenoxy) is 1. The van der Waals surface area contributed by atoms with Crippen molar-refractivity contribution in [2.45, 2.75) is 20.4 Å². The van der Waals surface area contributed by atoms with E-state index in [0.717, 1.165) is 0 Å². The van der Waals surface area contributed by atoms with Crippen molar-refractivity contribution in [3.63, 3.8) is 0 Å². The average Bonchev–Trinajstić information content (AvgIpc) is 2.96. The van der Waals surface area contributed by atoms with E-state index in [1.807, 2.05) is 6.07 Å². The van der Waals surface area contributed by atoms with Crippen LogP contribution in [0.1, 0.15) is 29.8 Å². The fraction of sp³-hybridized carbons (Fsp3) is 0.143. The van der Waals surface area contributed by atoms with Gasteiger partial charge in [-0.05, 0) is 55.3 Å². The lowest BCUT2D eigenvalue weighted by atomic mass is 9.98. The average molecular weight is 577 g/mol. The van der Waals surface area contributed by atoms with Crippen molar-refractivity contribution in [2.24, 2.45) is 0 Å². The summed E-state index contributed by atoms with van der Waals surface area (Å²) < 4.78 is 6.32. The number of benzene rings is 2. The van der Waals surface area contributed by atoms with Gasteiger partial charge in [-0.25, -0.2) is 14.3 Å². The Bertz CT molecular complexity index is 1690. The highest BCUT2D eigenvalue weighted by Crippen LogP contribution is 2.30. The molecule has 2 heterocycles. The molecular weight excluding hydrogens is 555 g/mol. The van der Waals surface area contributed by atoms with E-state index in [9.17, 15) is 19.6 Å². The van der Waals surface area contributed by atoms with Gasteiger partial charge in [0.05, 0.1) is 45.2 Å². The van der Waals surface area contributed by atoms with Gasteiger partial charge in [0.2, 0.25) is 0 Å². The molecule has 0 radical (unpaired) electrons. The van der Waals surface area contributed by atoms with E-state index in [2.05, 4.69) is 26.8 Å². The summed E-state index contributed by atoms with van der Waals surface area (Å²) in [4.78, 5) is 41.8. The maximum absolute atomic E-state index is 12.9. The number of anilines is 2. The lowest BCUT2D eigenvalue weighted by Gasteiger charge is -2.13. The van der Waals surface area contributed by atoms with Gasteiger partial charge in [-0.1, -0.05) is 41.4 Å². The summed E-state index contributed by atoms with van der Waals surface area (Å²) in [7, 11) is 0. The number of esters is 1. The van der Waals surface area contributed by atoms with E-state index >= 15 is 0 Å². The van der Waals surface area contributed by atoms with Crippen LogP contribution in [0.5, 0.6) is 0 Å². The maximum Gasteiger partial charge on any atom is 0.338 e. The molecule has 0 fully saturated rings. The van der Waals surface area contributed by atoms with Crippen molar-refractivity contribution in [1.29, 1.82) is 5.26 Å². The zero-order valence-corrected chi connectivity index (χ0v) is 22.9. The summed E-state index contributed by atoms with van der Waals surface area (Å²) in [5.41, 5.74) is 2.53. The quantitative estimate of drug-likeness (QED) is 0.257. The van der Waals surface area contributed by atoms with Crippen LogP contribution in [-0.4, -0.2) is 33.4 Å². The molecule has 0 aliphatic rings. The number of nitriles is 1. The number of nitrogens with one attached hydrogen (secondary N) is 2. The predicted octanol–water partition coefficient (Wildman–Crippen LogP) is 5.99. The van der Waals surface area contributed by atoms with Crippen molar-refractivity contribution in [1.82, 2.24) is 14.8 Å². The Hall–Kier alpha value is -4.72. The monoisotopic (exact) mass is 576 g/mol. The van der Waals surface area contributed by atoms with Crippen molar-refractivity contribution in [2.75, 3.05) is 17.2 Å². The van der Waals surface area contributed by atoms with Gasteiger partial charge in [0.1, 0.15) is 5.69 Å². The van der Waals surface area contributed by atoms with Gasteiger partial charge in [-0.15, -0.1) is 0 Å². The number of amides is 2. The molecule has 4 rings (SSSR count). The van der Waals surface area contributed by atoms with Crippen LogP contribution < -0.4 is 16.2 Å². The SMILES string of the molecule is CCOC(=O)c1cc(C#N)cc(-c2cccc(-c3cc(NC(=O)Nc4c(Cl)cncc4Cl)c(=O)n(CC)n3)c2)c1. The van der Waals surface area contributed by atoms with Gasteiger partial charge in [0.15, 0.2) is 0 Å². The Morgan fingerprint density at radius 2 is 1.73 bits per heavy atom. The number of carbonyl (C=O) groups excluding carboxylic acids is 2. The van der Waals surface area contributed by atoms with Gasteiger partial charge in [-0.2, -0.15) is 10.4 Å². The second kappa shape index (κ2) is 12.4. The van der Waals surface area contributed by atoms with Gasteiger partial charge >= 0.3 is 12.0 Å². The Morgan fingerprint density at radius 3 is 2.40 bits per heavy atom. The van der Waals surface area contributed by atoms with Crippen LogP contribution in [0.25, 0.3) is 22.4 Å². The minimum atomic E-state index is -0.736. The molecule has 2 aromatic carbocycles. The third kappa shape index (κ3) is 6.29. The molecule has 10 nitrogen and oxygen atoms in total. The van der Waals surface area contributed by atoms with Crippen LogP contribution >= 0.6 is 23.2 Å². The highest BCUT2D eigenvalue weighted by molar-refractivity contribution is 6.39. The number of aryl methyl sites for hydroxylation is 1. The second-order valence-electron chi connectivity index (χ2n) is 8.33. The molecule has 40 heavy (non-hydrogen) atoms. The van der Waals surface area contributed by atoms with Gasteiger partial charge in [0.25, 0.3) is 5.56 Å². The normalized spacial score (nSPS) is 10.5. The maximum atomic E-state index is 12.9. The molecule has 0 atom stereocenters.